The lowest BCUT2D eigenvalue weighted by atomic mass is 10.2. The van der Waals surface area contributed by atoms with E-state index in [1.54, 1.807) is 28.6 Å². The second-order valence-corrected chi connectivity index (χ2v) is 7.22. The van der Waals surface area contributed by atoms with Crippen LogP contribution in [-0.4, -0.2) is 69.0 Å². The Bertz CT molecular complexity index is 885. The monoisotopic (exact) mass is 392 g/mol. The minimum Gasteiger partial charge on any atom is -0.390 e. The summed E-state index contributed by atoms with van der Waals surface area (Å²) in [4.78, 5) is 4.11. The number of rotatable bonds is 7. The van der Waals surface area contributed by atoms with Crippen LogP contribution in [0.2, 0.25) is 0 Å². The van der Waals surface area contributed by atoms with E-state index < -0.39 is 0 Å². The topological polar surface area (TPSA) is 57.9 Å². The summed E-state index contributed by atoms with van der Waals surface area (Å²) in [5, 5.41) is 22.1. The normalized spacial score (nSPS) is 14.2. The zero-order chi connectivity index (χ0) is 20.8. The standard InChI is InChI=1S/C22H28N6O/c1-25(2)20-9-5-18(6-10-20)13-23-27-15-22(16-29)28(17-27)24-14-19-7-11-21(12-8-19)26(3)4/h5-15,29H,16-17H2,1-4H3. The average molecular weight is 393 g/mol. The molecule has 0 aliphatic carbocycles. The first kappa shape index (κ1) is 20.4. The van der Waals surface area contributed by atoms with E-state index in [-0.39, 0.29) is 6.61 Å². The Morgan fingerprint density at radius 2 is 1.31 bits per heavy atom. The van der Waals surface area contributed by atoms with Gasteiger partial charge in [-0.3, -0.25) is 0 Å². The van der Waals surface area contributed by atoms with Gasteiger partial charge < -0.3 is 14.9 Å². The van der Waals surface area contributed by atoms with E-state index in [2.05, 4.69) is 32.1 Å². The van der Waals surface area contributed by atoms with Gasteiger partial charge in [0.05, 0.1) is 24.7 Å². The van der Waals surface area contributed by atoms with Gasteiger partial charge in [0.25, 0.3) is 0 Å². The second-order valence-electron chi connectivity index (χ2n) is 7.22. The molecule has 29 heavy (non-hydrogen) atoms. The molecular weight excluding hydrogens is 364 g/mol. The van der Waals surface area contributed by atoms with Crippen LogP contribution in [0.4, 0.5) is 11.4 Å². The molecule has 1 aliphatic heterocycles. The van der Waals surface area contributed by atoms with Gasteiger partial charge in [0.2, 0.25) is 0 Å². The quantitative estimate of drug-likeness (QED) is 0.734. The zero-order valence-corrected chi connectivity index (χ0v) is 17.4. The maximum atomic E-state index is 9.64. The maximum absolute atomic E-state index is 9.64. The molecule has 7 nitrogen and oxygen atoms in total. The molecule has 0 amide bonds. The third-order valence-corrected chi connectivity index (χ3v) is 4.59. The SMILES string of the molecule is CN(C)c1ccc(C=NN2C=C(CO)N(N=Cc3ccc(N(C)C)cc3)C2)cc1. The van der Waals surface area contributed by atoms with Crippen LogP contribution in [0, 0.1) is 0 Å². The lowest BCUT2D eigenvalue weighted by Gasteiger charge is -2.15. The molecule has 0 radical (unpaired) electrons. The van der Waals surface area contributed by atoms with E-state index in [0.717, 1.165) is 22.5 Å². The Kier molecular flexibility index (Phi) is 6.51. The first-order valence-corrected chi connectivity index (χ1v) is 9.45. The van der Waals surface area contributed by atoms with Crippen molar-refractivity contribution < 1.29 is 5.11 Å². The van der Waals surface area contributed by atoms with Crippen LogP contribution in [0.1, 0.15) is 11.1 Å². The summed E-state index contributed by atoms with van der Waals surface area (Å²) in [5.74, 6) is 0. The van der Waals surface area contributed by atoms with Crippen molar-refractivity contribution in [2.45, 2.75) is 0 Å². The molecule has 0 bridgehead atoms. The van der Waals surface area contributed by atoms with Crippen molar-refractivity contribution in [1.82, 2.24) is 10.0 Å². The van der Waals surface area contributed by atoms with Gasteiger partial charge in [-0.05, 0) is 35.4 Å². The van der Waals surface area contributed by atoms with Gasteiger partial charge >= 0.3 is 0 Å². The summed E-state index contributed by atoms with van der Waals surface area (Å²) >= 11 is 0. The second kappa shape index (κ2) is 9.25. The smallest absolute Gasteiger partial charge is 0.133 e. The Labute approximate surface area is 172 Å². The van der Waals surface area contributed by atoms with Gasteiger partial charge in [0.1, 0.15) is 6.67 Å². The fourth-order valence-electron chi connectivity index (χ4n) is 2.80. The molecule has 152 valence electrons. The molecule has 0 unspecified atom stereocenters. The van der Waals surface area contributed by atoms with E-state index >= 15 is 0 Å². The highest BCUT2D eigenvalue weighted by Gasteiger charge is 2.18. The Balaban J connectivity index is 1.63. The van der Waals surface area contributed by atoms with Crippen molar-refractivity contribution in [3.8, 4) is 0 Å². The summed E-state index contributed by atoms with van der Waals surface area (Å²) in [6.07, 6.45) is 5.39. The number of aliphatic hydroxyl groups excluding tert-OH is 1. The largest absolute Gasteiger partial charge is 0.390 e. The molecule has 3 rings (SSSR count). The van der Waals surface area contributed by atoms with Crippen molar-refractivity contribution in [3.05, 3.63) is 71.6 Å². The first-order valence-electron chi connectivity index (χ1n) is 9.45. The minimum atomic E-state index is -0.0968. The van der Waals surface area contributed by atoms with Crippen LogP contribution >= 0.6 is 0 Å². The van der Waals surface area contributed by atoms with Gasteiger partial charge in [0.15, 0.2) is 0 Å². The third-order valence-electron chi connectivity index (χ3n) is 4.59. The van der Waals surface area contributed by atoms with E-state index in [1.165, 1.54) is 0 Å². The number of hydrogen-bond donors (Lipinski definition) is 1. The average Bonchev–Trinajstić information content (AvgIpc) is 3.13. The van der Waals surface area contributed by atoms with E-state index in [9.17, 15) is 5.11 Å². The van der Waals surface area contributed by atoms with Gasteiger partial charge in [-0.2, -0.15) is 10.2 Å². The Morgan fingerprint density at radius 1 is 0.828 bits per heavy atom. The van der Waals surface area contributed by atoms with Crippen molar-refractivity contribution >= 4 is 23.8 Å². The lowest BCUT2D eigenvalue weighted by molar-refractivity contribution is 0.235. The molecule has 2 aromatic carbocycles. The van der Waals surface area contributed by atoms with E-state index in [4.69, 9.17) is 0 Å². The molecule has 0 aromatic heterocycles. The molecule has 2 aromatic rings. The maximum Gasteiger partial charge on any atom is 0.133 e. The minimum absolute atomic E-state index is 0.0968. The van der Waals surface area contributed by atoms with Gasteiger partial charge in [-0.15, -0.1) is 0 Å². The lowest BCUT2D eigenvalue weighted by Crippen LogP contribution is -2.21. The van der Waals surface area contributed by atoms with Crippen molar-refractivity contribution in [2.75, 3.05) is 51.3 Å². The van der Waals surface area contributed by atoms with Crippen molar-refractivity contribution in [1.29, 1.82) is 0 Å². The number of hydrazone groups is 2. The summed E-state index contributed by atoms with van der Waals surface area (Å²) in [7, 11) is 8.05. The fourth-order valence-corrected chi connectivity index (χ4v) is 2.80. The highest BCUT2D eigenvalue weighted by atomic mass is 16.3. The van der Waals surface area contributed by atoms with Gasteiger partial charge in [-0.1, -0.05) is 24.3 Å². The molecule has 1 heterocycles. The van der Waals surface area contributed by atoms with Gasteiger partial charge in [-0.25, -0.2) is 10.0 Å². The molecule has 0 saturated heterocycles. The number of hydrogen-bond acceptors (Lipinski definition) is 7. The summed E-state index contributed by atoms with van der Waals surface area (Å²) < 4.78 is 0. The number of nitrogens with zero attached hydrogens (tertiary/aromatic N) is 6. The van der Waals surface area contributed by atoms with Crippen LogP contribution in [0.5, 0.6) is 0 Å². The van der Waals surface area contributed by atoms with Gasteiger partial charge in [0, 0.05) is 45.8 Å². The molecule has 7 heteroatoms. The highest BCUT2D eigenvalue weighted by Crippen LogP contribution is 2.17. The molecule has 1 N–H and O–H groups in total. The van der Waals surface area contributed by atoms with Crippen LogP contribution in [0.3, 0.4) is 0 Å². The first-order chi connectivity index (χ1) is 14.0. The molecule has 0 spiro atoms. The molecule has 0 atom stereocenters. The van der Waals surface area contributed by atoms with Crippen LogP contribution in [-0.2, 0) is 0 Å². The van der Waals surface area contributed by atoms with E-state index in [1.807, 2.05) is 64.6 Å². The predicted molar refractivity (Wildman–Crippen MR) is 120 cm³/mol. The van der Waals surface area contributed by atoms with Crippen LogP contribution < -0.4 is 9.80 Å². The Morgan fingerprint density at radius 3 is 1.76 bits per heavy atom. The van der Waals surface area contributed by atoms with Crippen molar-refractivity contribution in [2.24, 2.45) is 10.2 Å². The van der Waals surface area contributed by atoms with Crippen molar-refractivity contribution in [3.63, 3.8) is 0 Å². The molecule has 0 saturated carbocycles. The molecule has 1 aliphatic rings. The summed E-state index contributed by atoms with van der Waals surface area (Å²) in [5.41, 5.74) is 4.99. The summed E-state index contributed by atoms with van der Waals surface area (Å²) in [6, 6.07) is 16.3. The predicted octanol–water partition coefficient (Wildman–Crippen LogP) is 2.60. The van der Waals surface area contributed by atoms with Crippen LogP contribution in [0.25, 0.3) is 0 Å². The van der Waals surface area contributed by atoms with Crippen LogP contribution in [0.15, 0.2) is 70.6 Å². The number of aliphatic hydroxyl groups is 1. The number of benzene rings is 2. The number of anilines is 2. The zero-order valence-electron chi connectivity index (χ0n) is 17.4. The molecule has 0 fully saturated rings. The third kappa shape index (κ3) is 5.36. The molecular formula is C22H28N6O. The van der Waals surface area contributed by atoms with E-state index in [0.29, 0.717) is 12.4 Å². The highest BCUT2D eigenvalue weighted by molar-refractivity contribution is 5.81. The fraction of sp³-hybridized carbons (Fsp3) is 0.273. The summed E-state index contributed by atoms with van der Waals surface area (Å²) in [6.45, 7) is 0.356. The Hall–Kier alpha value is -3.32.